The minimum atomic E-state index is 0.375. The zero-order chi connectivity index (χ0) is 9.68. The average molecular weight is 250 g/mol. The van der Waals surface area contributed by atoms with E-state index in [1.54, 1.807) is 7.11 Å². The zero-order valence-corrected chi connectivity index (χ0v) is 10.2. The highest BCUT2D eigenvalue weighted by Crippen LogP contribution is 2.19. The van der Waals surface area contributed by atoms with Gasteiger partial charge in [-0.2, -0.15) is 0 Å². The van der Waals surface area contributed by atoms with Crippen LogP contribution in [-0.4, -0.2) is 43.1 Å². The minimum absolute atomic E-state index is 0.375. The zero-order valence-electron chi connectivity index (χ0n) is 8.63. The molecule has 0 N–H and O–H groups in total. The number of alkyl halides is 1. The lowest BCUT2D eigenvalue weighted by Crippen LogP contribution is -2.38. The molecule has 1 saturated heterocycles. The van der Waals surface area contributed by atoms with Gasteiger partial charge in [0.25, 0.3) is 0 Å². The molecule has 1 aliphatic rings. The van der Waals surface area contributed by atoms with Crippen molar-refractivity contribution >= 4 is 15.9 Å². The molecule has 1 fully saturated rings. The predicted octanol–water partition coefficient (Wildman–Crippen LogP) is 2.13. The topological polar surface area (TPSA) is 12.5 Å². The lowest BCUT2D eigenvalue weighted by atomic mass is 9.99. The van der Waals surface area contributed by atoms with Gasteiger partial charge in [0.2, 0.25) is 0 Å². The molecule has 0 bridgehead atoms. The number of hydrogen-bond acceptors (Lipinski definition) is 2. The van der Waals surface area contributed by atoms with Gasteiger partial charge >= 0.3 is 0 Å². The van der Waals surface area contributed by atoms with Crippen molar-refractivity contribution < 1.29 is 4.74 Å². The molecule has 0 radical (unpaired) electrons. The fraction of sp³-hybridized carbons (Fsp3) is 1.00. The number of methoxy groups -OCH3 is 1. The van der Waals surface area contributed by atoms with Crippen molar-refractivity contribution in [1.82, 2.24) is 4.90 Å². The Morgan fingerprint density at radius 1 is 1.46 bits per heavy atom. The number of ether oxygens (including phenoxy) is 1. The Hall–Kier alpha value is 0.400. The summed E-state index contributed by atoms with van der Waals surface area (Å²) in [5.41, 5.74) is 0. The van der Waals surface area contributed by atoms with Crippen LogP contribution in [0.5, 0.6) is 0 Å². The number of rotatable bonds is 4. The molecule has 1 unspecified atom stereocenters. The molecule has 0 aromatic carbocycles. The van der Waals surface area contributed by atoms with E-state index in [0.29, 0.717) is 6.10 Å². The smallest absolute Gasteiger partial charge is 0.0670 e. The fourth-order valence-electron chi connectivity index (χ4n) is 1.76. The van der Waals surface area contributed by atoms with Crippen LogP contribution in [0.25, 0.3) is 0 Å². The highest BCUT2D eigenvalue weighted by molar-refractivity contribution is 9.09. The maximum atomic E-state index is 5.26. The summed E-state index contributed by atoms with van der Waals surface area (Å²) in [5.74, 6) is 0.897. The largest absolute Gasteiger partial charge is 0.380 e. The molecular weight excluding hydrogens is 230 g/mol. The third-order valence-corrected chi connectivity index (χ3v) is 3.76. The Kier molecular flexibility index (Phi) is 5.29. The Morgan fingerprint density at radius 2 is 2.08 bits per heavy atom. The van der Waals surface area contributed by atoms with Crippen molar-refractivity contribution in [2.75, 3.05) is 32.1 Å². The molecule has 1 atom stereocenters. The van der Waals surface area contributed by atoms with E-state index in [-0.39, 0.29) is 0 Å². The Labute approximate surface area is 89.8 Å². The summed E-state index contributed by atoms with van der Waals surface area (Å²) in [6.45, 7) is 5.70. The van der Waals surface area contributed by atoms with Gasteiger partial charge in [-0.05, 0) is 38.8 Å². The summed E-state index contributed by atoms with van der Waals surface area (Å²) < 4.78 is 5.26. The summed E-state index contributed by atoms with van der Waals surface area (Å²) in [5, 5.41) is 1.17. The molecule has 1 aliphatic heterocycles. The van der Waals surface area contributed by atoms with E-state index in [0.717, 1.165) is 12.5 Å². The molecule has 78 valence electrons. The molecule has 0 aromatic heterocycles. The first-order valence-corrected chi connectivity index (χ1v) is 6.19. The maximum absolute atomic E-state index is 5.26. The first-order valence-electron chi connectivity index (χ1n) is 5.07. The Bertz CT molecular complexity index is 135. The fourth-order valence-corrected chi connectivity index (χ4v) is 2.41. The number of likely N-dealkylation sites (tertiary alicyclic amines) is 1. The van der Waals surface area contributed by atoms with Gasteiger partial charge in [0, 0.05) is 19.0 Å². The van der Waals surface area contributed by atoms with Crippen LogP contribution in [-0.2, 0) is 4.74 Å². The number of hydrogen-bond donors (Lipinski definition) is 0. The quantitative estimate of drug-likeness (QED) is 0.709. The van der Waals surface area contributed by atoms with E-state index in [1.807, 2.05) is 0 Å². The standard InChI is InChI=1S/C10H20BrNO/c1-9(13-2)8-12-5-3-10(7-11)4-6-12/h9-10H,3-8H2,1-2H3. The van der Waals surface area contributed by atoms with E-state index >= 15 is 0 Å². The van der Waals surface area contributed by atoms with Gasteiger partial charge in [0.15, 0.2) is 0 Å². The van der Waals surface area contributed by atoms with Crippen molar-refractivity contribution in [3.8, 4) is 0 Å². The van der Waals surface area contributed by atoms with Gasteiger partial charge in [-0.25, -0.2) is 0 Å². The summed E-state index contributed by atoms with van der Waals surface area (Å²) in [4.78, 5) is 2.51. The van der Waals surface area contributed by atoms with E-state index < -0.39 is 0 Å². The van der Waals surface area contributed by atoms with Gasteiger partial charge in [-0.15, -0.1) is 0 Å². The second kappa shape index (κ2) is 5.99. The molecule has 1 rings (SSSR count). The summed E-state index contributed by atoms with van der Waals surface area (Å²) >= 11 is 3.55. The van der Waals surface area contributed by atoms with Gasteiger partial charge < -0.3 is 9.64 Å². The highest BCUT2D eigenvalue weighted by Gasteiger charge is 2.19. The molecule has 1 heterocycles. The van der Waals surface area contributed by atoms with Crippen LogP contribution in [0.4, 0.5) is 0 Å². The van der Waals surface area contributed by atoms with Crippen molar-refractivity contribution in [2.24, 2.45) is 5.92 Å². The van der Waals surface area contributed by atoms with E-state index in [4.69, 9.17) is 4.74 Å². The van der Waals surface area contributed by atoms with Crippen LogP contribution in [0.3, 0.4) is 0 Å². The van der Waals surface area contributed by atoms with Gasteiger partial charge in [-0.1, -0.05) is 15.9 Å². The molecule has 13 heavy (non-hydrogen) atoms. The second-order valence-corrected chi connectivity index (χ2v) is 4.59. The van der Waals surface area contributed by atoms with Crippen LogP contribution in [0, 0.1) is 5.92 Å². The second-order valence-electron chi connectivity index (χ2n) is 3.94. The highest BCUT2D eigenvalue weighted by atomic mass is 79.9. The average Bonchev–Trinajstić information content (AvgIpc) is 2.19. The third kappa shape index (κ3) is 3.96. The van der Waals surface area contributed by atoms with Gasteiger partial charge in [0.05, 0.1) is 6.10 Å². The first-order chi connectivity index (χ1) is 6.26. The Morgan fingerprint density at radius 3 is 2.54 bits per heavy atom. The minimum Gasteiger partial charge on any atom is -0.380 e. The van der Waals surface area contributed by atoms with E-state index in [1.165, 1.54) is 31.3 Å². The van der Waals surface area contributed by atoms with Gasteiger partial charge in [0.1, 0.15) is 0 Å². The number of piperidine rings is 1. The normalized spacial score (nSPS) is 23.3. The van der Waals surface area contributed by atoms with Crippen molar-refractivity contribution in [3.63, 3.8) is 0 Å². The first kappa shape index (κ1) is 11.5. The summed E-state index contributed by atoms with van der Waals surface area (Å²) in [6.07, 6.45) is 3.05. The summed E-state index contributed by atoms with van der Waals surface area (Å²) in [7, 11) is 1.79. The van der Waals surface area contributed by atoms with E-state index in [2.05, 4.69) is 27.8 Å². The van der Waals surface area contributed by atoms with Crippen molar-refractivity contribution in [2.45, 2.75) is 25.9 Å². The Balaban J connectivity index is 2.17. The van der Waals surface area contributed by atoms with Gasteiger partial charge in [-0.3, -0.25) is 0 Å². The van der Waals surface area contributed by atoms with Crippen molar-refractivity contribution in [3.05, 3.63) is 0 Å². The molecule has 2 nitrogen and oxygen atoms in total. The number of halogens is 1. The molecule has 0 saturated carbocycles. The predicted molar refractivity (Wildman–Crippen MR) is 59.4 cm³/mol. The SMILES string of the molecule is COC(C)CN1CCC(CBr)CC1. The van der Waals surface area contributed by atoms with Crippen LogP contribution >= 0.6 is 15.9 Å². The van der Waals surface area contributed by atoms with Crippen molar-refractivity contribution in [1.29, 1.82) is 0 Å². The van der Waals surface area contributed by atoms with Crippen LogP contribution in [0.2, 0.25) is 0 Å². The molecule has 0 amide bonds. The molecular formula is C10H20BrNO. The van der Waals surface area contributed by atoms with Crippen LogP contribution < -0.4 is 0 Å². The van der Waals surface area contributed by atoms with E-state index in [9.17, 15) is 0 Å². The maximum Gasteiger partial charge on any atom is 0.0670 e. The molecule has 3 heteroatoms. The monoisotopic (exact) mass is 249 g/mol. The lowest BCUT2D eigenvalue weighted by Gasteiger charge is -2.32. The summed E-state index contributed by atoms with van der Waals surface area (Å²) in [6, 6.07) is 0. The molecule has 0 aromatic rings. The van der Waals surface area contributed by atoms with Crippen LogP contribution in [0.15, 0.2) is 0 Å². The molecule has 0 spiro atoms. The molecule has 0 aliphatic carbocycles. The lowest BCUT2D eigenvalue weighted by molar-refractivity contribution is 0.0644. The third-order valence-electron chi connectivity index (χ3n) is 2.84. The number of nitrogens with zero attached hydrogens (tertiary/aromatic N) is 1. The van der Waals surface area contributed by atoms with Crippen LogP contribution in [0.1, 0.15) is 19.8 Å².